The fourth-order valence-corrected chi connectivity index (χ4v) is 2.61. The minimum atomic E-state index is -0.495. The fraction of sp³-hybridized carbons (Fsp3) is 0.231. The topological polar surface area (TPSA) is 38.0 Å². The lowest BCUT2D eigenvalue weighted by molar-refractivity contribution is 0.629. The van der Waals surface area contributed by atoms with Gasteiger partial charge < -0.3 is 11.1 Å². The van der Waals surface area contributed by atoms with Gasteiger partial charge in [-0.25, -0.2) is 4.39 Å². The van der Waals surface area contributed by atoms with E-state index in [0.717, 1.165) is 6.42 Å². The summed E-state index contributed by atoms with van der Waals surface area (Å²) in [5.41, 5.74) is 8.06. The lowest BCUT2D eigenvalue weighted by Gasteiger charge is -2.16. The summed E-state index contributed by atoms with van der Waals surface area (Å²) in [6.45, 7) is 2.05. The van der Waals surface area contributed by atoms with Gasteiger partial charge in [-0.05, 0) is 41.8 Å². The summed E-state index contributed by atoms with van der Waals surface area (Å²) in [5, 5.41) is 7.48. The van der Waals surface area contributed by atoms with E-state index in [9.17, 15) is 4.39 Å². The highest BCUT2D eigenvalue weighted by atomic mass is 35.5. The highest BCUT2D eigenvalue weighted by Crippen LogP contribution is 2.27. The Balaban J connectivity index is 2.07. The van der Waals surface area contributed by atoms with Crippen molar-refractivity contribution in [1.82, 2.24) is 0 Å². The maximum absolute atomic E-state index is 13.2. The molecule has 0 spiro atoms. The van der Waals surface area contributed by atoms with Crippen LogP contribution in [0.3, 0.4) is 0 Å². The molecular formula is C13H14ClFN2S. The smallest absolute Gasteiger partial charge is 0.143 e. The number of hydrogen-bond donors (Lipinski definition) is 2. The molecule has 1 aromatic heterocycles. The average Bonchev–Trinajstić information content (AvgIpc) is 2.78. The summed E-state index contributed by atoms with van der Waals surface area (Å²) in [7, 11) is 0. The van der Waals surface area contributed by atoms with Gasteiger partial charge in [0.05, 0.1) is 16.4 Å². The molecule has 0 radical (unpaired) electrons. The van der Waals surface area contributed by atoms with E-state index in [1.54, 1.807) is 11.3 Å². The van der Waals surface area contributed by atoms with E-state index in [2.05, 4.69) is 16.8 Å². The molecule has 2 aromatic rings. The van der Waals surface area contributed by atoms with Crippen LogP contribution in [0.4, 0.5) is 15.8 Å². The zero-order valence-electron chi connectivity index (χ0n) is 9.91. The zero-order valence-corrected chi connectivity index (χ0v) is 11.5. The predicted octanol–water partition coefficient (Wildman–Crippen LogP) is 4.17. The first-order chi connectivity index (χ1) is 8.56. The number of nitrogens with one attached hydrogen (secondary N) is 1. The van der Waals surface area contributed by atoms with Crippen molar-refractivity contribution in [2.45, 2.75) is 19.4 Å². The molecule has 0 bridgehead atoms. The summed E-state index contributed by atoms with van der Waals surface area (Å²) in [6.07, 6.45) is 0.887. The molecule has 0 saturated carbocycles. The third kappa shape index (κ3) is 3.15. The van der Waals surface area contributed by atoms with E-state index < -0.39 is 5.82 Å². The highest BCUT2D eigenvalue weighted by molar-refractivity contribution is 7.07. The number of anilines is 2. The third-order valence-electron chi connectivity index (χ3n) is 2.62. The largest absolute Gasteiger partial charge is 0.397 e. The van der Waals surface area contributed by atoms with E-state index in [1.807, 2.05) is 12.3 Å². The molecule has 1 atom stereocenters. The molecule has 1 aromatic carbocycles. The maximum atomic E-state index is 13.2. The number of nitrogen functional groups attached to an aromatic ring is 1. The average molecular weight is 285 g/mol. The van der Waals surface area contributed by atoms with Crippen molar-refractivity contribution >= 4 is 34.3 Å². The molecule has 0 aliphatic carbocycles. The molecule has 0 amide bonds. The molecule has 18 heavy (non-hydrogen) atoms. The van der Waals surface area contributed by atoms with Crippen molar-refractivity contribution in [2.24, 2.45) is 0 Å². The van der Waals surface area contributed by atoms with Crippen molar-refractivity contribution in [3.63, 3.8) is 0 Å². The van der Waals surface area contributed by atoms with Crippen LogP contribution in [-0.4, -0.2) is 6.04 Å². The van der Waals surface area contributed by atoms with E-state index >= 15 is 0 Å². The first-order valence-corrected chi connectivity index (χ1v) is 6.90. The first kappa shape index (κ1) is 13.2. The van der Waals surface area contributed by atoms with Gasteiger partial charge in [0.2, 0.25) is 0 Å². The Hall–Kier alpha value is -1.26. The van der Waals surface area contributed by atoms with Gasteiger partial charge >= 0.3 is 0 Å². The summed E-state index contributed by atoms with van der Waals surface area (Å²) < 4.78 is 13.2. The van der Waals surface area contributed by atoms with Gasteiger partial charge in [-0.3, -0.25) is 0 Å². The van der Waals surface area contributed by atoms with Crippen LogP contribution in [-0.2, 0) is 6.42 Å². The van der Waals surface area contributed by atoms with Crippen molar-refractivity contribution < 1.29 is 4.39 Å². The number of benzene rings is 1. The van der Waals surface area contributed by atoms with Gasteiger partial charge in [0.15, 0.2) is 0 Å². The third-order valence-corrected chi connectivity index (χ3v) is 3.64. The lowest BCUT2D eigenvalue weighted by atomic mass is 10.1. The maximum Gasteiger partial charge on any atom is 0.143 e. The monoisotopic (exact) mass is 284 g/mol. The van der Waals surface area contributed by atoms with Crippen LogP contribution in [0.25, 0.3) is 0 Å². The Kier molecular flexibility index (Phi) is 4.09. The fourth-order valence-electron chi connectivity index (χ4n) is 1.77. The standard InChI is InChI=1S/C13H14ClFN2S/c1-8(4-9-2-3-18-7-9)17-13-5-10(14)11(15)6-12(13)16/h2-3,5-8,17H,4,16H2,1H3. The molecule has 5 heteroatoms. The SMILES string of the molecule is CC(Cc1ccsc1)Nc1cc(Cl)c(F)cc1N. The molecule has 0 aliphatic heterocycles. The Bertz CT molecular complexity index is 528. The van der Waals surface area contributed by atoms with Crippen LogP contribution in [0.5, 0.6) is 0 Å². The van der Waals surface area contributed by atoms with Gasteiger partial charge in [0.1, 0.15) is 5.82 Å². The van der Waals surface area contributed by atoms with Crippen LogP contribution in [0.1, 0.15) is 12.5 Å². The summed E-state index contributed by atoms with van der Waals surface area (Å²) in [4.78, 5) is 0. The number of halogens is 2. The minimum absolute atomic E-state index is 0.0782. The summed E-state index contributed by atoms with van der Waals surface area (Å²) in [6, 6.07) is 5.05. The van der Waals surface area contributed by atoms with Gasteiger partial charge in [-0.15, -0.1) is 0 Å². The molecular weight excluding hydrogens is 271 g/mol. The Morgan fingerprint density at radius 3 is 2.94 bits per heavy atom. The van der Waals surface area contributed by atoms with E-state index in [0.29, 0.717) is 11.4 Å². The molecule has 2 rings (SSSR count). The van der Waals surface area contributed by atoms with Crippen LogP contribution >= 0.6 is 22.9 Å². The van der Waals surface area contributed by atoms with E-state index in [1.165, 1.54) is 17.7 Å². The van der Waals surface area contributed by atoms with Gasteiger partial charge in [-0.1, -0.05) is 11.6 Å². The van der Waals surface area contributed by atoms with Crippen LogP contribution in [0, 0.1) is 5.82 Å². The van der Waals surface area contributed by atoms with Crippen molar-refractivity contribution in [3.05, 3.63) is 45.4 Å². The molecule has 1 heterocycles. The van der Waals surface area contributed by atoms with Crippen molar-refractivity contribution in [3.8, 4) is 0 Å². The number of nitrogens with two attached hydrogens (primary N) is 1. The minimum Gasteiger partial charge on any atom is -0.397 e. The van der Waals surface area contributed by atoms with Crippen LogP contribution in [0.15, 0.2) is 29.0 Å². The highest BCUT2D eigenvalue weighted by Gasteiger charge is 2.09. The molecule has 0 aliphatic rings. The summed E-state index contributed by atoms with van der Waals surface area (Å²) >= 11 is 7.42. The second kappa shape index (κ2) is 5.59. The second-order valence-corrected chi connectivity index (χ2v) is 5.42. The van der Waals surface area contributed by atoms with E-state index in [4.69, 9.17) is 17.3 Å². The normalized spacial score (nSPS) is 12.4. The lowest BCUT2D eigenvalue weighted by Crippen LogP contribution is -2.18. The number of rotatable bonds is 4. The second-order valence-electron chi connectivity index (χ2n) is 4.23. The van der Waals surface area contributed by atoms with Crippen molar-refractivity contribution in [2.75, 3.05) is 11.1 Å². The molecule has 3 N–H and O–H groups in total. The molecule has 96 valence electrons. The zero-order chi connectivity index (χ0) is 13.1. The predicted molar refractivity (Wildman–Crippen MR) is 76.9 cm³/mol. The number of thiophene rings is 1. The quantitative estimate of drug-likeness (QED) is 0.827. The van der Waals surface area contributed by atoms with Crippen LogP contribution in [0.2, 0.25) is 5.02 Å². The van der Waals surface area contributed by atoms with E-state index in [-0.39, 0.29) is 11.1 Å². The molecule has 2 nitrogen and oxygen atoms in total. The molecule has 0 saturated heterocycles. The Labute approximate surface area is 115 Å². The molecule has 0 fully saturated rings. The Morgan fingerprint density at radius 1 is 1.50 bits per heavy atom. The Morgan fingerprint density at radius 2 is 2.28 bits per heavy atom. The molecule has 1 unspecified atom stereocenters. The summed E-state index contributed by atoms with van der Waals surface area (Å²) in [5.74, 6) is -0.495. The first-order valence-electron chi connectivity index (χ1n) is 5.58. The van der Waals surface area contributed by atoms with Crippen molar-refractivity contribution in [1.29, 1.82) is 0 Å². The number of hydrogen-bond acceptors (Lipinski definition) is 3. The van der Waals surface area contributed by atoms with Gasteiger partial charge in [-0.2, -0.15) is 11.3 Å². The van der Waals surface area contributed by atoms with Crippen LogP contribution < -0.4 is 11.1 Å². The van der Waals surface area contributed by atoms with Gasteiger partial charge in [0.25, 0.3) is 0 Å². The van der Waals surface area contributed by atoms with Gasteiger partial charge in [0, 0.05) is 12.1 Å².